The number of carbonyl (C=O) groups excluding carboxylic acids is 2. The van der Waals surface area contributed by atoms with E-state index in [-0.39, 0.29) is 31.0 Å². The largest absolute Gasteiger partial charge is 0.383 e. The maximum Gasteiger partial charge on any atom is 0.352 e. The Labute approximate surface area is 150 Å². The molecule has 2 aliphatic rings. The van der Waals surface area contributed by atoms with E-state index in [9.17, 15) is 23.5 Å². The first-order valence-corrected chi connectivity index (χ1v) is 8.62. The van der Waals surface area contributed by atoms with Crippen LogP contribution in [0, 0.1) is 0 Å². The van der Waals surface area contributed by atoms with Gasteiger partial charge in [-0.25, -0.2) is 0 Å². The van der Waals surface area contributed by atoms with E-state index in [0.29, 0.717) is 18.7 Å². The number of aliphatic hydroxyl groups is 1. The number of methoxy groups -OCH3 is 1. The predicted molar refractivity (Wildman–Crippen MR) is 91.4 cm³/mol. The lowest BCUT2D eigenvalue weighted by molar-refractivity contribution is -0.212. The molecule has 1 aliphatic carbocycles. The molecule has 26 heavy (non-hydrogen) atoms. The minimum Gasteiger partial charge on any atom is -0.383 e. The molecule has 8 heteroatoms. The molecule has 2 N–H and O–H groups in total. The average molecular weight is 368 g/mol. The van der Waals surface area contributed by atoms with E-state index < -0.39 is 17.4 Å². The number of aryl methyl sites for hydroxylation is 1. The van der Waals surface area contributed by atoms with Gasteiger partial charge in [-0.05, 0) is 49.8 Å². The molecule has 3 rings (SSSR count). The van der Waals surface area contributed by atoms with Crippen molar-refractivity contribution in [3.8, 4) is 0 Å². The van der Waals surface area contributed by atoms with Crippen molar-refractivity contribution >= 4 is 23.2 Å². The molecule has 1 aromatic carbocycles. The second-order valence-corrected chi connectivity index (χ2v) is 6.84. The lowest BCUT2D eigenvalue weighted by Crippen LogP contribution is -2.59. The van der Waals surface area contributed by atoms with Crippen LogP contribution in [0.2, 0.25) is 0 Å². The number of nitrogens with one attached hydrogen (secondary N) is 1. The van der Waals surface area contributed by atoms with Gasteiger partial charge >= 0.3 is 5.92 Å². The highest BCUT2D eigenvalue weighted by molar-refractivity contribution is 5.99. The number of alkyl halides is 2. The van der Waals surface area contributed by atoms with E-state index in [2.05, 4.69) is 5.32 Å². The molecule has 1 aliphatic heterocycles. The summed E-state index contributed by atoms with van der Waals surface area (Å²) in [6, 6.07) is 4.76. The van der Waals surface area contributed by atoms with Gasteiger partial charge < -0.3 is 20.1 Å². The number of benzene rings is 1. The molecule has 6 nitrogen and oxygen atoms in total. The summed E-state index contributed by atoms with van der Waals surface area (Å²) >= 11 is 0. The molecule has 2 amide bonds. The second-order valence-electron chi connectivity index (χ2n) is 6.84. The third kappa shape index (κ3) is 3.19. The summed E-state index contributed by atoms with van der Waals surface area (Å²) in [6.07, 6.45) is 1.82. The molecule has 0 bridgehead atoms. The third-order valence-electron chi connectivity index (χ3n) is 5.08. The number of rotatable bonds is 5. The molecule has 1 saturated carbocycles. The van der Waals surface area contributed by atoms with E-state index in [1.807, 2.05) is 0 Å². The molecule has 0 spiro atoms. The monoisotopic (exact) mass is 368 g/mol. The topological polar surface area (TPSA) is 78.9 Å². The van der Waals surface area contributed by atoms with Crippen molar-refractivity contribution in [2.75, 3.05) is 30.5 Å². The van der Waals surface area contributed by atoms with Gasteiger partial charge in [-0.2, -0.15) is 8.78 Å². The Morgan fingerprint density at radius 1 is 1.35 bits per heavy atom. The third-order valence-corrected chi connectivity index (χ3v) is 5.08. The minimum atomic E-state index is -3.87. The van der Waals surface area contributed by atoms with Crippen molar-refractivity contribution in [1.82, 2.24) is 0 Å². The first-order valence-electron chi connectivity index (χ1n) is 8.62. The van der Waals surface area contributed by atoms with E-state index in [4.69, 9.17) is 4.74 Å². The van der Waals surface area contributed by atoms with Crippen molar-refractivity contribution < 1.29 is 28.2 Å². The molecule has 1 aromatic rings. The van der Waals surface area contributed by atoms with Crippen LogP contribution in [0.4, 0.5) is 20.2 Å². The summed E-state index contributed by atoms with van der Waals surface area (Å²) in [5, 5.41) is 12.1. The lowest BCUT2D eigenvalue weighted by Gasteiger charge is -2.41. The van der Waals surface area contributed by atoms with Crippen LogP contribution in [0.1, 0.15) is 31.2 Å². The summed E-state index contributed by atoms with van der Waals surface area (Å²) < 4.78 is 33.3. The number of ether oxygens (including phenoxy) is 1. The van der Waals surface area contributed by atoms with Gasteiger partial charge in [0.15, 0.2) is 0 Å². The normalized spacial score (nSPS) is 18.7. The number of carbonyl (C=O) groups is 2. The van der Waals surface area contributed by atoms with Crippen LogP contribution < -0.4 is 10.2 Å². The zero-order chi connectivity index (χ0) is 18.9. The standard InChI is InChI=1S/C18H22F2N2O4/c1-26-11-15(23)22-9-2-4-12-5-6-13(10-14(12)22)21-16(24)18(19,20)17(25)7-3-8-17/h5-6,10,25H,2-4,7-9,11H2,1H3,(H,21,24). The van der Waals surface area contributed by atoms with Gasteiger partial charge in [-0.1, -0.05) is 6.07 Å². The van der Waals surface area contributed by atoms with Crippen molar-refractivity contribution in [3.05, 3.63) is 23.8 Å². The Morgan fingerprint density at radius 2 is 2.08 bits per heavy atom. The smallest absolute Gasteiger partial charge is 0.352 e. The fourth-order valence-corrected chi connectivity index (χ4v) is 3.36. The number of nitrogens with zero attached hydrogens (tertiary/aromatic N) is 1. The quantitative estimate of drug-likeness (QED) is 0.834. The van der Waals surface area contributed by atoms with Gasteiger partial charge in [0.05, 0.1) is 0 Å². The highest BCUT2D eigenvalue weighted by Crippen LogP contribution is 2.44. The fourth-order valence-electron chi connectivity index (χ4n) is 3.36. The summed E-state index contributed by atoms with van der Waals surface area (Å²) in [4.78, 5) is 25.8. The van der Waals surface area contributed by atoms with E-state index in [0.717, 1.165) is 18.4 Å². The number of anilines is 2. The fraction of sp³-hybridized carbons (Fsp3) is 0.556. The van der Waals surface area contributed by atoms with Crippen molar-refractivity contribution in [2.45, 2.75) is 43.6 Å². The number of halogens is 2. The number of hydrogen-bond donors (Lipinski definition) is 2. The van der Waals surface area contributed by atoms with Crippen LogP contribution in [0.15, 0.2) is 18.2 Å². The molecule has 142 valence electrons. The number of amides is 2. The van der Waals surface area contributed by atoms with Gasteiger partial charge in [0.25, 0.3) is 11.8 Å². The van der Waals surface area contributed by atoms with Crippen LogP contribution in [0.5, 0.6) is 0 Å². The zero-order valence-corrected chi connectivity index (χ0v) is 14.6. The summed E-state index contributed by atoms with van der Waals surface area (Å²) in [5.74, 6) is -5.64. The first-order chi connectivity index (χ1) is 12.3. The van der Waals surface area contributed by atoms with Gasteiger partial charge in [-0.3, -0.25) is 9.59 Å². The van der Waals surface area contributed by atoms with Crippen LogP contribution in [0.3, 0.4) is 0 Å². The second kappa shape index (κ2) is 6.92. The molecular weight excluding hydrogens is 346 g/mol. The number of hydrogen-bond acceptors (Lipinski definition) is 4. The van der Waals surface area contributed by atoms with E-state index in [1.165, 1.54) is 24.1 Å². The highest BCUT2D eigenvalue weighted by atomic mass is 19.3. The van der Waals surface area contributed by atoms with Crippen LogP contribution in [-0.2, 0) is 20.7 Å². The Morgan fingerprint density at radius 3 is 2.69 bits per heavy atom. The summed E-state index contributed by atoms with van der Waals surface area (Å²) in [7, 11) is 1.42. The van der Waals surface area contributed by atoms with Gasteiger partial charge in [0.2, 0.25) is 0 Å². The molecule has 0 radical (unpaired) electrons. The van der Waals surface area contributed by atoms with Gasteiger partial charge in [-0.15, -0.1) is 0 Å². The van der Waals surface area contributed by atoms with Gasteiger partial charge in [0, 0.05) is 25.0 Å². The molecule has 0 saturated heterocycles. The molecule has 0 unspecified atom stereocenters. The maximum absolute atomic E-state index is 14.2. The Hall–Kier alpha value is -2.06. The molecule has 0 atom stereocenters. The lowest BCUT2D eigenvalue weighted by atomic mass is 9.75. The van der Waals surface area contributed by atoms with Crippen LogP contribution in [-0.4, -0.2) is 48.7 Å². The average Bonchev–Trinajstić information content (AvgIpc) is 2.59. The van der Waals surface area contributed by atoms with Crippen LogP contribution >= 0.6 is 0 Å². The van der Waals surface area contributed by atoms with Crippen molar-refractivity contribution in [2.24, 2.45) is 0 Å². The molecule has 1 fully saturated rings. The van der Waals surface area contributed by atoms with Gasteiger partial charge in [0.1, 0.15) is 12.2 Å². The minimum absolute atomic E-state index is 0.0822. The maximum atomic E-state index is 14.2. The Bertz CT molecular complexity index is 719. The Kier molecular flexibility index (Phi) is 4.98. The summed E-state index contributed by atoms with van der Waals surface area (Å²) in [5.41, 5.74) is -0.621. The Balaban J connectivity index is 1.81. The summed E-state index contributed by atoms with van der Waals surface area (Å²) in [6.45, 7) is 0.420. The molecular formula is C18H22F2N2O4. The van der Waals surface area contributed by atoms with Crippen molar-refractivity contribution in [1.29, 1.82) is 0 Å². The molecule has 0 aromatic heterocycles. The van der Waals surface area contributed by atoms with E-state index >= 15 is 0 Å². The number of fused-ring (bicyclic) bond motifs is 1. The van der Waals surface area contributed by atoms with Crippen molar-refractivity contribution in [3.63, 3.8) is 0 Å². The van der Waals surface area contributed by atoms with E-state index in [1.54, 1.807) is 6.07 Å². The predicted octanol–water partition coefficient (Wildman–Crippen LogP) is 2.10. The highest BCUT2D eigenvalue weighted by Gasteiger charge is 2.61. The molecule has 1 heterocycles. The van der Waals surface area contributed by atoms with Crippen LogP contribution in [0.25, 0.3) is 0 Å². The zero-order valence-electron chi connectivity index (χ0n) is 14.6. The first kappa shape index (κ1) is 18.7. The SMILES string of the molecule is COCC(=O)N1CCCc2ccc(NC(=O)C(F)(F)C3(O)CCC3)cc21.